The molecule has 0 saturated heterocycles. The molecule has 1 saturated carbocycles. The predicted octanol–water partition coefficient (Wildman–Crippen LogP) is 0.575. The monoisotopic (exact) mass is 360 g/mol. The van der Waals surface area contributed by atoms with E-state index in [0.29, 0.717) is 18.7 Å². The van der Waals surface area contributed by atoms with Gasteiger partial charge in [-0.25, -0.2) is 9.78 Å². The van der Waals surface area contributed by atoms with Gasteiger partial charge in [0.1, 0.15) is 6.04 Å². The van der Waals surface area contributed by atoms with Crippen LogP contribution < -0.4 is 16.6 Å². The van der Waals surface area contributed by atoms with E-state index < -0.39 is 29.2 Å². The second-order valence-corrected chi connectivity index (χ2v) is 6.51. The summed E-state index contributed by atoms with van der Waals surface area (Å²) < 4.78 is 1.35. The van der Waals surface area contributed by atoms with Gasteiger partial charge >= 0.3 is 11.7 Å². The summed E-state index contributed by atoms with van der Waals surface area (Å²) in [7, 11) is 0. The molecule has 26 heavy (non-hydrogen) atoms. The van der Waals surface area contributed by atoms with Crippen molar-refractivity contribution in [3.05, 3.63) is 38.2 Å². The number of amides is 1. The molecule has 138 valence electrons. The Morgan fingerprint density at radius 2 is 2.12 bits per heavy atom. The fraction of sp³-hybridized carbons (Fsp3) is 0.471. The van der Waals surface area contributed by atoms with Crippen LogP contribution in [-0.2, 0) is 11.3 Å². The van der Waals surface area contributed by atoms with Crippen molar-refractivity contribution in [2.45, 2.75) is 51.6 Å². The molecule has 1 aliphatic rings. The average molecular weight is 360 g/mol. The lowest BCUT2D eigenvalue weighted by Crippen LogP contribution is -2.39. The second kappa shape index (κ2) is 6.74. The summed E-state index contributed by atoms with van der Waals surface area (Å²) in [4.78, 5) is 54.9. The molecule has 3 rings (SSSR count). The van der Waals surface area contributed by atoms with Gasteiger partial charge in [-0.1, -0.05) is 6.92 Å². The molecule has 1 atom stereocenters. The number of carboxylic acid groups (broad SMARTS) is 1. The average Bonchev–Trinajstić information content (AvgIpc) is 3.42. The first kappa shape index (κ1) is 17.8. The third-order valence-electron chi connectivity index (χ3n) is 4.37. The van der Waals surface area contributed by atoms with Crippen LogP contribution in [0.1, 0.15) is 55.1 Å². The molecule has 2 heterocycles. The van der Waals surface area contributed by atoms with Gasteiger partial charge in [0.25, 0.3) is 11.5 Å². The Kier molecular flexibility index (Phi) is 4.62. The van der Waals surface area contributed by atoms with Crippen molar-refractivity contribution in [1.29, 1.82) is 0 Å². The first-order chi connectivity index (χ1) is 12.3. The number of nitrogens with one attached hydrogen (secondary N) is 2. The van der Waals surface area contributed by atoms with Crippen LogP contribution >= 0.6 is 0 Å². The summed E-state index contributed by atoms with van der Waals surface area (Å²) >= 11 is 0. The number of pyridine rings is 1. The van der Waals surface area contributed by atoms with Crippen molar-refractivity contribution < 1.29 is 14.7 Å². The van der Waals surface area contributed by atoms with Crippen LogP contribution in [0.15, 0.2) is 15.7 Å². The molecule has 2 aromatic heterocycles. The Balaban J connectivity index is 2.25. The number of carbonyl (C=O) groups excluding carboxylic acids is 1. The molecule has 9 nitrogen and oxygen atoms in total. The molecule has 0 bridgehead atoms. The molecule has 3 N–H and O–H groups in total. The summed E-state index contributed by atoms with van der Waals surface area (Å²) in [6.07, 6.45) is 2.49. The Bertz CT molecular complexity index is 1000. The minimum Gasteiger partial charge on any atom is -0.480 e. The van der Waals surface area contributed by atoms with Gasteiger partial charge in [-0.3, -0.25) is 23.9 Å². The van der Waals surface area contributed by atoms with Gasteiger partial charge in [-0.2, -0.15) is 0 Å². The number of aliphatic carboxylic acids is 1. The van der Waals surface area contributed by atoms with Gasteiger partial charge in [-0.15, -0.1) is 0 Å². The molecule has 0 radical (unpaired) electrons. The lowest BCUT2D eigenvalue weighted by atomic mass is 10.1. The number of hydrogen-bond acceptors (Lipinski definition) is 5. The van der Waals surface area contributed by atoms with E-state index in [1.807, 2.05) is 6.92 Å². The molecule has 1 fully saturated rings. The topological polar surface area (TPSA) is 134 Å². The Morgan fingerprint density at radius 3 is 2.69 bits per heavy atom. The zero-order valence-corrected chi connectivity index (χ0v) is 14.5. The van der Waals surface area contributed by atoms with Crippen LogP contribution in [0, 0.1) is 0 Å². The van der Waals surface area contributed by atoms with Gasteiger partial charge in [0.05, 0.1) is 10.9 Å². The van der Waals surface area contributed by atoms with E-state index in [1.165, 1.54) is 17.6 Å². The largest absolute Gasteiger partial charge is 0.480 e. The first-order valence-electron chi connectivity index (χ1n) is 8.55. The summed E-state index contributed by atoms with van der Waals surface area (Å²) in [5.41, 5.74) is -0.440. The lowest BCUT2D eigenvalue weighted by molar-refractivity contribution is -0.138. The molecule has 0 aliphatic heterocycles. The molecular weight excluding hydrogens is 340 g/mol. The van der Waals surface area contributed by atoms with Gasteiger partial charge in [0.2, 0.25) is 0 Å². The maximum atomic E-state index is 12.6. The number of nitrogens with zero attached hydrogens (tertiary/aromatic N) is 2. The van der Waals surface area contributed by atoms with Crippen molar-refractivity contribution in [2.24, 2.45) is 0 Å². The summed E-state index contributed by atoms with van der Waals surface area (Å²) in [5, 5.41) is 11.4. The number of H-pyrrole nitrogens is 1. The molecule has 1 aliphatic carbocycles. The van der Waals surface area contributed by atoms with E-state index in [4.69, 9.17) is 5.11 Å². The fourth-order valence-corrected chi connectivity index (χ4v) is 2.83. The van der Waals surface area contributed by atoms with Gasteiger partial charge in [-0.05, 0) is 32.3 Å². The number of fused-ring (bicyclic) bond motifs is 1. The molecule has 0 spiro atoms. The van der Waals surface area contributed by atoms with E-state index >= 15 is 0 Å². The van der Waals surface area contributed by atoms with Crippen molar-refractivity contribution in [1.82, 2.24) is 19.9 Å². The number of carboxylic acids is 1. The highest BCUT2D eigenvalue weighted by Crippen LogP contribution is 2.39. The Labute approximate surface area is 148 Å². The van der Waals surface area contributed by atoms with Gasteiger partial charge in [0, 0.05) is 18.2 Å². The molecule has 2 aromatic rings. The zero-order valence-electron chi connectivity index (χ0n) is 14.5. The minimum atomic E-state index is -1.18. The van der Waals surface area contributed by atoms with E-state index in [-0.39, 0.29) is 22.5 Å². The van der Waals surface area contributed by atoms with E-state index in [0.717, 1.165) is 12.8 Å². The molecule has 0 unspecified atom stereocenters. The van der Waals surface area contributed by atoms with Crippen molar-refractivity contribution >= 4 is 22.9 Å². The highest BCUT2D eigenvalue weighted by atomic mass is 16.4. The number of aryl methyl sites for hydroxylation is 1. The third-order valence-corrected chi connectivity index (χ3v) is 4.37. The zero-order chi connectivity index (χ0) is 19.0. The third kappa shape index (κ3) is 3.24. The van der Waals surface area contributed by atoms with Crippen molar-refractivity contribution in [3.8, 4) is 0 Å². The summed E-state index contributed by atoms with van der Waals surface area (Å²) in [6.45, 7) is 3.57. The van der Waals surface area contributed by atoms with Gasteiger partial charge in [0.15, 0.2) is 5.65 Å². The normalized spacial score (nSPS) is 15.0. The van der Waals surface area contributed by atoms with Gasteiger partial charge < -0.3 is 10.4 Å². The Hall–Kier alpha value is -2.97. The second-order valence-electron chi connectivity index (χ2n) is 6.51. The molecule has 9 heteroatoms. The highest BCUT2D eigenvalue weighted by molar-refractivity contribution is 6.06. The van der Waals surface area contributed by atoms with Crippen LogP contribution in [0.4, 0.5) is 0 Å². The van der Waals surface area contributed by atoms with Crippen molar-refractivity contribution in [3.63, 3.8) is 0 Å². The summed E-state index contributed by atoms with van der Waals surface area (Å²) in [6, 6.07) is 0.413. The van der Waals surface area contributed by atoms with E-state index in [1.54, 1.807) is 0 Å². The van der Waals surface area contributed by atoms with Crippen LogP contribution in [0.5, 0.6) is 0 Å². The molecule has 1 amide bonds. The van der Waals surface area contributed by atoms with Crippen LogP contribution in [0.25, 0.3) is 11.0 Å². The minimum absolute atomic E-state index is 0.00228. The Morgan fingerprint density at radius 1 is 1.42 bits per heavy atom. The van der Waals surface area contributed by atoms with Crippen LogP contribution in [0.3, 0.4) is 0 Å². The van der Waals surface area contributed by atoms with Crippen LogP contribution in [-0.4, -0.2) is 37.6 Å². The SMILES string of the molecule is CCCn1c(=O)[nH]c(=O)c2c(C(=O)N[C@H](C)C(=O)O)cc(C3CC3)nc21. The number of carbonyl (C=O) groups is 2. The molecular formula is C17H20N4O5. The number of hydrogen-bond donors (Lipinski definition) is 3. The van der Waals surface area contributed by atoms with Crippen LogP contribution in [0.2, 0.25) is 0 Å². The standard InChI is InChI=1S/C17H20N4O5/c1-3-6-21-13-12(15(23)20-17(21)26)10(7-11(19-13)9-4-5-9)14(22)18-8(2)16(24)25/h7-9H,3-6H2,1-2H3,(H,18,22)(H,24,25)(H,20,23,26)/t8-/m1/s1. The quantitative estimate of drug-likeness (QED) is 0.690. The van der Waals surface area contributed by atoms with Crippen molar-refractivity contribution in [2.75, 3.05) is 0 Å². The lowest BCUT2D eigenvalue weighted by Gasteiger charge is -2.14. The fourth-order valence-electron chi connectivity index (χ4n) is 2.83. The molecule has 0 aromatic carbocycles. The summed E-state index contributed by atoms with van der Waals surface area (Å²) in [5.74, 6) is -1.68. The van der Waals surface area contributed by atoms with E-state index in [2.05, 4.69) is 15.3 Å². The number of rotatable bonds is 6. The predicted molar refractivity (Wildman–Crippen MR) is 93.5 cm³/mol. The first-order valence-corrected chi connectivity index (χ1v) is 8.55. The smallest absolute Gasteiger partial charge is 0.329 e. The van der Waals surface area contributed by atoms with E-state index in [9.17, 15) is 19.2 Å². The number of aromatic amines is 1. The maximum Gasteiger partial charge on any atom is 0.329 e. The number of aromatic nitrogens is 3. The maximum absolute atomic E-state index is 12.6. The highest BCUT2D eigenvalue weighted by Gasteiger charge is 2.29.